The third kappa shape index (κ3) is 2.40. The van der Waals surface area contributed by atoms with Gasteiger partial charge in [0.25, 0.3) is 0 Å². The number of pyridine rings is 1. The van der Waals surface area contributed by atoms with Crippen molar-refractivity contribution in [2.75, 3.05) is 11.1 Å². The zero-order valence-corrected chi connectivity index (χ0v) is 10.2. The number of nitrogens with one attached hydrogen (secondary N) is 1. The number of hydrogen-bond acceptors (Lipinski definition) is 3. The fourth-order valence-corrected chi connectivity index (χ4v) is 2.52. The van der Waals surface area contributed by atoms with Crippen LogP contribution in [0.5, 0.6) is 0 Å². The van der Waals surface area contributed by atoms with Gasteiger partial charge < -0.3 is 11.1 Å². The molecule has 17 heavy (non-hydrogen) atoms. The maximum Gasteiger partial charge on any atom is 0.231 e. The average molecular weight is 233 g/mol. The number of hydrogen-bond donors (Lipinski definition) is 2. The number of rotatable bonds is 3. The van der Waals surface area contributed by atoms with Crippen LogP contribution in [0.2, 0.25) is 0 Å². The van der Waals surface area contributed by atoms with Gasteiger partial charge in [-0.2, -0.15) is 0 Å². The summed E-state index contributed by atoms with van der Waals surface area (Å²) in [6.45, 7) is 2.08. The van der Waals surface area contributed by atoms with Crippen molar-refractivity contribution in [2.45, 2.75) is 39.0 Å². The summed E-state index contributed by atoms with van der Waals surface area (Å²) in [7, 11) is 0. The third-order valence-corrected chi connectivity index (χ3v) is 3.75. The van der Waals surface area contributed by atoms with E-state index < -0.39 is 0 Å². The smallest absolute Gasteiger partial charge is 0.231 e. The summed E-state index contributed by atoms with van der Waals surface area (Å²) >= 11 is 0. The summed E-state index contributed by atoms with van der Waals surface area (Å²) in [5.41, 5.74) is 5.98. The van der Waals surface area contributed by atoms with Gasteiger partial charge in [0.15, 0.2) is 0 Å². The van der Waals surface area contributed by atoms with Crippen LogP contribution in [-0.2, 0) is 4.79 Å². The second kappa shape index (κ2) is 4.73. The van der Waals surface area contributed by atoms with Crippen LogP contribution in [0.4, 0.5) is 11.5 Å². The van der Waals surface area contributed by atoms with Crippen LogP contribution in [0, 0.1) is 5.41 Å². The first kappa shape index (κ1) is 11.9. The molecule has 1 aliphatic carbocycles. The molecule has 1 aliphatic rings. The molecular weight excluding hydrogens is 214 g/mol. The van der Waals surface area contributed by atoms with Gasteiger partial charge in [0.05, 0.1) is 11.9 Å². The van der Waals surface area contributed by atoms with Crippen LogP contribution >= 0.6 is 0 Å². The van der Waals surface area contributed by atoms with Crippen LogP contribution in [0.25, 0.3) is 0 Å². The van der Waals surface area contributed by atoms with Crippen LogP contribution < -0.4 is 11.1 Å². The highest BCUT2D eigenvalue weighted by atomic mass is 16.2. The second-order valence-corrected chi connectivity index (χ2v) is 4.77. The molecule has 0 aliphatic heterocycles. The Balaban J connectivity index is 2.08. The van der Waals surface area contributed by atoms with Gasteiger partial charge in [0.2, 0.25) is 5.91 Å². The van der Waals surface area contributed by atoms with Gasteiger partial charge in [-0.05, 0) is 31.4 Å². The Morgan fingerprint density at radius 1 is 1.47 bits per heavy atom. The van der Waals surface area contributed by atoms with Crippen molar-refractivity contribution in [3.63, 3.8) is 0 Å². The van der Waals surface area contributed by atoms with Crippen molar-refractivity contribution in [1.29, 1.82) is 0 Å². The van der Waals surface area contributed by atoms with Crippen molar-refractivity contribution in [1.82, 2.24) is 4.98 Å². The third-order valence-electron chi connectivity index (χ3n) is 3.75. The molecule has 0 saturated heterocycles. The molecule has 2 rings (SSSR count). The van der Waals surface area contributed by atoms with Crippen LogP contribution in [0.1, 0.15) is 39.0 Å². The molecule has 0 atom stereocenters. The van der Waals surface area contributed by atoms with Gasteiger partial charge in [0.1, 0.15) is 5.82 Å². The first-order valence-electron chi connectivity index (χ1n) is 6.19. The van der Waals surface area contributed by atoms with E-state index in [1.165, 1.54) is 0 Å². The van der Waals surface area contributed by atoms with E-state index >= 15 is 0 Å². The van der Waals surface area contributed by atoms with Gasteiger partial charge in [-0.1, -0.05) is 19.8 Å². The Hall–Kier alpha value is -1.58. The molecule has 1 aromatic rings. The van der Waals surface area contributed by atoms with Gasteiger partial charge in [-0.3, -0.25) is 4.79 Å². The summed E-state index contributed by atoms with van der Waals surface area (Å²) in [6, 6.07) is 3.49. The Morgan fingerprint density at radius 3 is 2.71 bits per heavy atom. The fourth-order valence-electron chi connectivity index (χ4n) is 2.52. The van der Waals surface area contributed by atoms with Gasteiger partial charge in [-0.15, -0.1) is 0 Å². The van der Waals surface area contributed by atoms with Gasteiger partial charge in [-0.25, -0.2) is 4.98 Å². The van der Waals surface area contributed by atoms with Crippen molar-refractivity contribution in [3.8, 4) is 0 Å². The van der Waals surface area contributed by atoms with E-state index in [4.69, 9.17) is 5.73 Å². The lowest BCUT2D eigenvalue weighted by molar-refractivity contribution is -0.125. The van der Waals surface area contributed by atoms with E-state index in [0.29, 0.717) is 11.5 Å². The predicted molar refractivity (Wildman–Crippen MR) is 68.5 cm³/mol. The summed E-state index contributed by atoms with van der Waals surface area (Å²) in [5.74, 6) is 0.693. The van der Waals surface area contributed by atoms with Crippen molar-refractivity contribution in [2.24, 2.45) is 5.41 Å². The van der Waals surface area contributed by atoms with Crippen LogP contribution in [-0.4, -0.2) is 10.9 Å². The second-order valence-electron chi connectivity index (χ2n) is 4.77. The topological polar surface area (TPSA) is 68.0 Å². The lowest BCUT2D eigenvalue weighted by Crippen LogP contribution is -2.33. The number of nitrogens with zero attached hydrogens (tertiary/aromatic N) is 1. The number of nitrogens with two attached hydrogens (primary N) is 1. The molecule has 3 N–H and O–H groups in total. The van der Waals surface area contributed by atoms with E-state index in [2.05, 4.69) is 17.2 Å². The predicted octanol–water partition coefficient (Wildman–Crippen LogP) is 2.57. The zero-order valence-electron chi connectivity index (χ0n) is 10.2. The van der Waals surface area contributed by atoms with E-state index in [9.17, 15) is 4.79 Å². The molecule has 1 amide bonds. The Bertz CT molecular complexity index is 394. The number of carbonyl (C=O) groups is 1. The molecule has 0 radical (unpaired) electrons. The molecule has 0 aromatic carbocycles. The molecule has 1 aromatic heterocycles. The summed E-state index contributed by atoms with van der Waals surface area (Å²) in [6.07, 6.45) is 6.73. The average Bonchev–Trinajstić information content (AvgIpc) is 2.82. The fraction of sp³-hybridized carbons (Fsp3) is 0.538. The van der Waals surface area contributed by atoms with E-state index in [-0.39, 0.29) is 11.3 Å². The number of nitrogen functional groups attached to an aromatic ring is 1. The number of amides is 1. The highest BCUT2D eigenvalue weighted by Crippen LogP contribution is 2.41. The molecular formula is C13H19N3O. The molecule has 1 heterocycles. The Labute approximate surface area is 102 Å². The molecule has 0 unspecified atom stereocenters. The normalized spacial score (nSPS) is 17.9. The molecule has 92 valence electrons. The molecule has 1 saturated carbocycles. The zero-order chi connectivity index (χ0) is 12.3. The quantitative estimate of drug-likeness (QED) is 0.843. The Kier molecular flexibility index (Phi) is 3.31. The van der Waals surface area contributed by atoms with E-state index in [1.807, 2.05) is 0 Å². The highest BCUT2D eigenvalue weighted by molar-refractivity contribution is 5.94. The summed E-state index contributed by atoms with van der Waals surface area (Å²) < 4.78 is 0. The monoisotopic (exact) mass is 233 g/mol. The standard InChI is InChI=1S/C13H19N3O/c1-2-13(7-3-4-8-13)12(17)16-11-6-5-10(14)9-15-11/h5-6,9H,2-4,7-8,14H2,1H3,(H,15,16,17). The lowest BCUT2D eigenvalue weighted by atomic mass is 9.82. The minimum atomic E-state index is -0.178. The molecule has 1 fully saturated rings. The molecule has 4 nitrogen and oxygen atoms in total. The molecule has 4 heteroatoms. The number of carbonyl (C=O) groups excluding carboxylic acids is 1. The minimum Gasteiger partial charge on any atom is -0.397 e. The van der Waals surface area contributed by atoms with Crippen molar-refractivity contribution < 1.29 is 4.79 Å². The van der Waals surface area contributed by atoms with Crippen LogP contribution in [0.3, 0.4) is 0 Å². The Morgan fingerprint density at radius 2 is 2.18 bits per heavy atom. The molecule has 0 bridgehead atoms. The number of anilines is 2. The summed E-state index contributed by atoms with van der Waals surface area (Å²) in [5, 5.41) is 2.90. The van der Waals surface area contributed by atoms with E-state index in [1.54, 1.807) is 18.3 Å². The maximum atomic E-state index is 12.3. The van der Waals surface area contributed by atoms with Crippen LogP contribution in [0.15, 0.2) is 18.3 Å². The first-order chi connectivity index (χ1) is 8.16. The maximum absolute atomic E-state index is 12.3. The van der Waals surface area contributed by atoms with Gasteiger partial charge in [0, 0.05) is 5.41 Å². The lowest BCUT2D eigenvalue weighted by Gasteiger charge is -2.25. The summed E-state index contributed by atoms with van der Waals surface area (Å²) in [4.78, 5) is 16.4. The minimum absolute atomic E-state index is 0.106. The van der Waals surface area contributed by atoms with Gasteiger partial charge >= 0.3 is 0 Å². The van der Waals surface area contributed by atoms with E-state index in [0.717, 1.165) is 32.1 Å². The molecule has 0 spiro atoms. The van der Waals surface area contributed by atoms with Crippen molar-refractivity contribution in [3.05, 3.63) is 18.3 Å². The highest BCUT2D eigenvalue weighted by Gasteiger charge is 2.39. The first-order valence-corrected chi connectivity index (χ1v) is 6.19. The van der Waals surface area contributed by atoms with Crippen molar-refractivity contribution >= 4 is 17.4 Å². The SMILES string of the molecule is CCC1(C(=O)Nc2ccc(N)cn2)CCCC1. The number of aromatic nitrogens is 1. The largest absolute Gasteiger partial charge is 0.397 e.